The molecule has 6 rings (SSSR count). The Hall–Kier alpha value is -3.34. The number of hydrogen-bond donors (Lipinski definition) is 0. The first-order chi connectivity index (χ1) is 20.1. The number of benzene rings is 6. The molecular formula is C38H34P2Si. The molecule has 0 spiro atoms. The van der Waals surface area contributed by atoms with Crippen LogP contribution in [0.1, 0.15) is 13.8 Å². The SMILES string of the molecule is CC(C)(CP(c1ccccc1)c1ccccc1)[Si]c1cccc2cccc(P(c3ccccc3)c3ccccc3)c12. The monoisotopic (exact) mass is 580 g/mol. The summed E-state index contributed by atoms with van der Waals surface area (Å²) in [7, 11) is -0.445. The summed E-state index contributed by atoms with van der Waals surface area (Å²) >= 11 is 0. The van der Waals surface area contributed by atoms with Crippen LogP contribution < -0.4 is 31.7 Å². The van der Waals surface area contributed by atoms with Gasteiger partial charge < -0.3 is 0 Å². The van der Waals surface area contributed by atoms with E-state index in [2.05, 4.69) is 172 Å². The number of rotatable bonds is 9. The Morgan fingerprint density at radius 1 is 0.488 bits per heavy atom. The minimum absolute atomic E-state index is 0.140. The molecule has 0 fully saturated rings. The summed E-state index contributed by atoms with van der Waals surface area (Å²) in [5.41, 5.74) is 0. The molecule has 41 heavy (non-hydrogen) atoms. The van der Waals surface area contributed by atoms with E-state index >= 15 is 0 Å². The molecule has 0 amide bonds. The molecule has 0 saturated heterocycles. The van der Waals surface area contributed by atoms with E-state index in [1.54, 1.807) is 0 Å². The Kier molecular flexibility index (Phi) is 8.59. The van der Waals surface area contributed by atoms with Crippen LogP contribution in [0.15, 0.2) is 158 Å². The summed E-state index contributed by atoms with van der Waals surface area (Å²) in [5.74, 6) is 0. The summed E-state index contributed by atoms with van der Waals surface area (Å²) in [6.45, 7) is 4.95. The highest BCUT2D eigenvalue weighted by Gasteiger charge is 2.28. The summed E-state index contributed by atoms with van der Waals surface area (Å²) in [6.07, 6.45) is 1.15. The van der Waals surface area contributed by atoms with Crippen LogP contribution in [-0.2, 0) is 0 Å². The molecule has 0 unspecified atom stereocenters. The lowest BCUT2D eigenvalue weighted by molar-refractivity contribution is 0.770. The van der Waals surface area contributed by atoms with Crippen molar-refractivity contribution in [3.8, 4) is 0 Å². The van der Waals surface area contributed by atoms with Crippen molar-refractivity contribution in [2.75, 3.05) is 6.16 Å². The second-order valence-electron chi connectivity index (χ2n) is 11.0. The lowest BCUT2D eigenvalue weighted by Crippen LogP contribution is -2.33. The molecular weight excluding hydrogens is 546 g/mol. The van der Waals surface area contributed by atoms with Crippen molar-refractivity contribution in [1.29, 1.82) is 0 Å². The zero-order valence-electron chi connectivity index (χ0n) is 23.6. The summed E-state index contributed by atoms with van der Waals surface area (Å²) in [6, 6.07) is 58.4. The first kappa shape index (κ1) is 27.8. The van der Waals surface area contributed by atoms with E-state index < -0.39 is 15.8 Å². The van der Waals surface area contributed by atoms with E-state index in [-0.39, 0.29) is 5.04 Å². The molecule has 0 N–H and O–H groups in total. The Bertz CT molecular complexity index is 1620. The van der Waals surface area contributed by atoms with Gasteiger partial charge in [0.15, 0.2) is 0 Å². The van der Waals surface area contributed by atoms with Crippen LogP contribution in [-0.4, -0.2) is 15.7 Å². The lowest BCUT2D eigenvalue weighted by Gasteiger charge is -2.31. The summed E-state index contributed by atoms with van der Waals surface area (Å²) in [5, 5.41) is 11.6. The smallest absolute Gasteiger partial charge is 0.0629 e. The topological polar surface area (TPSA) is 0 Å². The van der Waals surface area contributed by atoms with Gasteiger partial charge in [-0.2, -0.15) is 0 Å². The van der Waals surface area contributed by atoms with Crippen LogP contribution in [0.25, 0.3) is 10.8 Å². The van der Waals surface area contributed by atoms with Gasteiger partial charge in [0.05, 0.1) is 9.52 Å². The van der Waals surface area contributed by atoms with Gasteiger partial charge in [-0.05, 0) is 64.3 Å². The van der Waals surface area contributed by atoms with Gasteiger partial charge >= 0.3 is 0 Å². The molecule has 0 bridgehead atoms. The largest absolute Gasteiger partial charge is 0.0884 e. The second-order valence-corrected chi connectivity index (χ2v) is 17.5. The minimum atomic E-state index is -0.684. The predicted molar refractivity (Wildman–Crippen MR) is 186 cm³/mol. The Labute approximate surface area is 249 Å². The standard InChI is InChI=1S/C38H34P2Si/c1-38(2,29-39(31-19-7-3-8-20-31)32-21-9-4-10-22-32)41-36-28-16-18-30-17-15-27-35(37(30)36)40(33-23-11-5-12-24-33)34-25-13-6-14-26-34/h3-28H,29H2,1-2H3. The second kappa shape index (κ2) is 12.7. The Morgan fingerprint density at radius 3 is 1.41 bits per heavy atom. The average molecular weight is 581 g/mol. The maximum Gasteiger partial charge on any atom is 0.0884 e. The molecule has 6 aromatic rings. The third-order valence-electron chi connectivity index (χ3n) is 7.31. The molecule has 0 aliphatic carbocycles. The van der Waals surface area contributed by atoms with Crippen molar-refractivity contribution in [1.82, 2.24) is 0 Å². The van der Waals surface area contributed by atoms with Crippen molar-refractivity contribution in [2.24, 2.45) is 0 Å². The molecule has 0 aromatic heterocycles. The van der Waals surface area contributed by atoms with Crippen LogP contribution in [0.2, 0.25) is 5.04 Å². The molecule has 0 saturated carbocycles. The minimum Gasteiger partial charge on any atom is -0.0629 e. The fourth-order valence-electron chi connectivity index (χ4n) is 5.54. The number of hydrogen-bond acceptors (Lipinski definition) is 0. The number of fused-ring (bicyclic) bond motifs is 1. The van der Waals surface area contributed by atoms with Crippen molar-refractivity contribution < 1.29 is 0 Å². The van der Waals surface area contributed by atoms with Crippen molar-refractivity contribution in [3.05, 3.63) is 158 Å². The first-order valence-electron chi connectivity index (χ1n) is 14.2. The molecule has 0 aliphatic rings. The Morgan fingerprint density at radius 2 is 0.927 bits per heavy atom. The van der Waals surface area contributed by atoms with Crippen molar-refractivity contribution >= 4 is 67.8 Å². The normalized spacial score (nSPS) is 11.8. The van der Waals surface area contributed by atoms with E-state index in [4.69, 9.17) is 0 Å². The highest BCUT2D eigenvalue weighted by molar-refractivity contribution is 7.80. The van der Waals surface area contributed by atoms with Gasteiger partial charge in [0, 0.05) is 0 Å². The Balaban J connectivity index is 1.43. The van der Waals surface area contributed by atoms with Crippen LogP contribution in [0.5, 0.6) is 0 Å². The average Bonchev–Trinajstić information content (AvgIpc) is 3.02. The quantitative estimate of drug-likeness (QED) is 0.125. The third kappa shape index (κ3) is 6.44. The first-order valence-corrected chi connectivity index (χ1v) is 18.0. The van der Waals surface area contributed by atoms with Crippen LogP contribution in [0.4, 0.5) is 0 Å². The fourth-order valence-corrected chi connectivity index (χ4v) is 12.8. The maximum absolute atomic E-state index is 2.48. The molecule has 6 aromatic carbocycles. The van der Waals surface area contributed by atoms with E-state index in [0.717, 1.165) is 6.16 Å². The highest BCUT2D eigenvalue weighted by atomic mass is 31.1. The maximum atomic E-state index is 2.48. The van der Waals surface area contributed by atoms with Crippen LogP contribution in [0.3, 0.4) is 0 Å². The zero-order valence-corrected chi connectivity index (χ0v) is 26.4. The molecule has 200 valence electrons. The van der Waals surface area contributed by atoms with Gasteiger partial charge in [0.1, 0.15) is 0 Å². The molecule has 0 atom stereocenters. The van der Waals surface area contributed by atoms with Crippen molar-refractivity contribution in [3.63, 3.8) is 0 Å². The van der Waals surface area contributed by atoms with E-state index in [1.165, 1.54) is 42.5 Å². The zero-order chi connectivity index (χ0) is 28.1. The summed E-state index contributed by atoms with van der Waals surface area (Å²) < 4.78 is 0. The van der Waals surface area contributed by atoms with E-state index in [1.807, 2.05) is 0 Å². The molecule has 2 radical (unpaired) electrons. The van der Waals surface area contributed by atoms with E-state index in [0.29, 0.717) is 9.52 Å². The summed E-state index contributed by atoms with van der Waals surface area (Å²) in [4.78, 5) is 0. The van der Waals surface area contributed by atoms with E-state index in [9.17, 15) is 0 Å². The lowest BCUT2D eigenvalue weighted by atomic mass is 10.1. The van der Waals surface area contributed by atoms with Crippen LogP contribution >= 0.6 is 15.8 Å². The highest BCUT2D eigenvalue weighted by Crippen LogP contribution is 2.43. The molecule has 0 aliphatic heterocycles. The van der Waals surface area contributed by atoms with Crippen molar-refractivity contribution in [2.45, 2.75) is 18.9 Å². The van der Waals surface area contributed by atoms with Gasteiger partial charge in [0.25, 0.3) is 0 Å². The van der Waals surface area contributed by atoms with Gasteiger partial charge in [-0.3, -0.25) is 0 Å². The van der Waals surface area contributed by atoms with Gasteiger partial charge in [-0.15, -0.1) is 0 Å². The van der Waals surface area contributed by atoms with Gasteiger partial charge in [0.2, 0.25) is 0 Å². The van der Waals surface area contributed by atoms with Crippen LogP contribution in [0, 0.1) is 0 Å². The molecule has 0 heterocycles. The molecule has 3 heteroatoms. The predicted octanol–water partition coefficient (Wildman–Crippen LogP) is 7.26. The third-order valence-corrected chi connectivity index (χ3v) is 14.6. The van der Waals surface area contributed by atoms with Gasteiger partial charge in [-0.1, -0.05) is 177 Å². The fraction of sp³-hybridized carbons (Fsp3) is 0.105. The van der Waals surface area contributed by atoms with Gasteiger partial charge in [-0.25, -0.2) is 0 Å². The molecule has 0 nitrogen and oxygen atoms in total.